The first-order valence-electron chi connectivity index (χ1n) is 9.58. The summed E-state index contributed by atoms with van der Waals surface area (Å²) in [7, 11) is 1.35. The maximum atomic E-state index is 12.8. The molecule has 1 aromatic carbocycles. The molecule has 0 unspecified atom stereocenters. The second kappa shape index (κ2) is 7.71. The number of H-pyrrole nitrogens is 1. The maximum Gasteiger partial charge on any atom is 0.307 e. The van der Waals surface area contributed by atoms with E-state index in [1.54, 1.807) is 12.1 Å². The molecule has 2 aromatic rings. The minimum absolute atomic E-state index is 0.0917. The van der Waals surface area contributed by atoms with Gasteiger partial charge in [-0.15, -0.1) is 0 Å². The van der Waals surface area contributed by atoms with Crippen LogP contribution in [0.2, 0.25) is 0 Å². The van der Waals surface area contributed by atoms with Crippen molar-refractivity contribution in [1.29, 1.82) is 0 Å². The number of carbonyl (C=O) groups excluding carboxylic acids is 2. The summed E-state index contributed by atoms with van der Waals surface area (Å²) in [5.74, 6) is 1.47. The molecule has 1 amide bonds. The van der Waals surface area contributed by atoms with Crippen LogP contribution in [0.1, 0.15) is 54.2 Å². The molecule has 1 atom stereocenters. The molecule has 2 fully saturated rings. The van der Waals surface area contributed by atoms with Crippen LogP contribution in [0.4, 0.5) is 0 Å². The number of hydrogen-bond acceptors (Lipinski definition) is 6. The van der Waals surface area contributed by atoms with E-state index in [0.717, 1.165) is 30.7 Å². The Bertz CT molecular complexity index is 851. The van der Waals surface area contributed by atoms with Crippen LogP contribution in [-0.2, 0) is 14.3 Å². The Morgan fingerprint density at radius 3 is 2.75 bits per heavy atom. The average molecular weight is 384 g/mol. The molecule has 8 nitrogen and oxygen atoms in total. The highest BCUT2D eigenvalue weighted by molar-refractivity contribution is 5.95. The summed E-state index contributed by atoms with van der Waals surface area (Å²) in [5.41, 5.74) is 0.630. The number of hydrogen-bond donors (Lipinski definition) is 2. The van der Waals surface area contributed by atoms with E-state index in [1.807, 2.05) is 12.1 Å². The Morgan fingerprint density at radius 2 is 2.11 bits per heavy atom. The van der Waals surface area contributed by atoms with Gasteiger partial charge in [0.25, 0.3) is 5.91 Å². The molecule has 8 heteroatoms. The predicted octanol–water partition coefficient (Wildman–Crippen LogP) is 2.19. The van der Waals surface area contributed by atoms with Crippen LogP contribution in [-0.4, -0.2) is 52.9 Å². The fraction of sp³-hybridized carbons (Fsp3) is 0.500. The highest BCUT2D eigenvalue weighted by Crippen LogP contribution is 2.38. The third kappa shape index (κ3) is 4.06. The Balaban J connectivity index is 1.46. The second-order valence-electron chi connectivity index (χ2n) is 7.54. The quantitative estimate of drug-likeness (QED) is 0.740. The van der Waals surface area contributed by atoms with Gasteiger partial charge in [-0.05, 0) is 37.8 Å². The summed E-state index contributed by atoms with van der Waals surface area (Å²) in [6.45, 7) is 0.931. The number of carbonyl (C=O) groups is 2. The number of ether oxygens (including phenoxy) is 2. The van der Waals surface area contributed by atoms with Crippen molar-refractivity contribution in [3.05, 3.63) is 35.7 Å². The molecule has 2 N–H and O–H groups in total. The maximum absolute atomic E-state index is 12.8. The smallest absolute Gasteiger partial charge is 0.307 e. The van der Waals surface area contributed by atoms with Crippen LogP contribution >= 0.6 is 0 Å². The number of rotatable bonds is 6. The number of aromatic nitrogens is 3. The summed E-state index contributed by atoms with van der Waals surface area (Å²) in [6.07, 6.45) is 3.86. The van der Waals surface area contributed by atoms with Crippen molar-refractivity contribution in [3.63, 3.8) is 0 Å². The number of benzene rings is 1. The van der Waals surface area contributed by atoms with E-state index < -0.39 is 5.54 Å². The van der Waals surface area contributed by atoms with E-state index in [9.17, 15) is 9.59 Å². The lowest BCUT2D eigenvalue weighted by Crippen LogP contribution is -2.55. The van der Waals surface area contributed by atoms with E-state index in [2.05, 4.69) is 20.5 Å². The fourth-order valence-corrected chi connectivity index (χ4v) is 3.51. The number of esters is 1. The van der Waals surface area contributed by atoms with Crippen LogP contribution in [0.3, 0.4) is 0 Å². The average Bonchev–Trinajstić information content (AvgIpc) is 3.45. The zero-order valence-corrected chi connectivity index (χ0v) is 15.9. The van der Waals surface area contributed by atoms with Crippen molar-refractivity contribution < 1.29 is 19.1 Å². The minimum atomic E-state index is -0.732. The molecule has 1 saturated heterocycles. The molecule has 1 aromatic heterocycles. The van der Waals surface area contributed by atoms with Crippen LogP contribution < -0.4 is 5.32 Å². The van der Waals surface area contributed by atoms with Gasteiger partial charge in [-0.25, -0.2) is 4.98 Å². The molecular weight excluding hydrogens is 360 g/mol. The zero-order chi connectivity index (χ0) is 19.6. The van der Waals surface area contributed by atoms with Crippen LogP contribution in [0.5, 0.6) is 0 Å². The molecular formula is C20H24N4O4. The lowest BCUT2D eigenvalue weighted by Gasteiger charge is -2.37. The first kappa shape index (κ1) is 18.6. The highest BCUT2D eigenvalue weighted by atomic mass is 16.5. The van der Waals surface area contributed by atoms with Crippen molar-refractivity contribution in [2.45, 2.75) is 43.6 Å². The summed E-state index contributed by atoms with van der Waals surface area (Å²) in [4.78, 5) is 29.1. The summed E-state index contributed by atoms with van der Waals surface area (Å²) in [6, 6.07) is 7.15. The molecule has 0 spiro atoms. The molecule has 2 aliphatic rings. The summed E-state index contributed by atoms with van der Waals surface area (Å²) in [5, 5.41) is 10.3. The molecule has 1 saturated carbocycles. The summed E-state index contributed by atoms with van der Waals surface area (Å²) < 4.78 is 10.3. The van der Waals surface area contributed by atoms with Gasteiger partial charge in [0, 0.05) is 23.7 Å². The number of nitrogens with one attached hydrogen (secondary N) is 2. The number of methoxy groups -OCH3 is 1. The normalized spacial score (nSPS) is 21.9. The predicted molar refractivity (Wildman–Crippen MR) is 101 cm³/mol. The topological polar surface area (TPSA) is 106 Å². The third-order valence-electron chi connectivity index (χ3n) is 5.28. The summed E-state index contributed by atoms with van der Waals surface area (Å²) >= 11 is 0. The van der Waals surface area contributed by atoms with Crippen molar-refractivity contribution >= 4 is 11.9 Å². The Kier molecular flexibility index (Phi) is 5.13. The molecule has 2 heterocycles. The number of aromatic amines is 1. The monoisotopic (exact) mass is 384 g/mol. The van der Waals surface area contributed by atoms with E-state index in [4.69, 9.17) is 9.47 Å². The van der Waals surface area contributed by atoms with Gasteiger partial charge in [0.15, 0.2) is 5.82 Å². The highest BCUT2D eigenvalue weighted by Gasteiger charge is 2.37. The largest absolute Gasteiger partial charge is 0.469 e. The van der Waals surface area contributed by atoms with Crippen molar-refractivity contribution in [2.75, 3.05) is 20.3 Å². The van der Waals surface area contributed by atoms with Gasteiger partial charge >= 0.3 is 5.97 Å². The molecule has 1 aliphatic heterocycles. The fourth-order valence-electron chi connectivity index (χ4n) is 3.51. The van der Waals surface area contributed by atoms with Gasteiger partial charge in [-0.2, -0.15) is 5.10 Å². The zero-order valence-electron chi connectivity index (χ0n) is 15.9. The SMILES string of the molecule is COC(=O)C[C@@]1(NC(=O)c2ccc(-c3n[nH]c(C4CC4)n3)cc2)CCCOC1. The van der Waals surface area contributed by atoms with Gasteiger partial charge in [0.1, 0.15) is 5.82 Å². The molecule has 148 valence electrons. The van der Waals surface area contributed by atoms with Crippen LogP contribution in [0.25, 0.3) is 11.4 Å². The van der Waals surface area contributed by atoms with Crippen molar-refractivity contribution in [2.24, 2.45) is 0 Å². The molecule has 1 aliphatic carbocycles. The number of nitrogens with zero attached hydrogens (tertiary/aromatic N) is 2. The number of amides is 1. The lowest BCUT2D eigenvalue weighted by molar-refractivity contribution is -0.143. The molecule has 0 radical (unpaired) electrons. The molecule has 28 heavy (non-hydrogen) atoms. The van der Waals surface area contributed by atoms with E-state index in [-0.39, 0.29) is 18.3 Å². The van der Waals surface area contributed by atoms with Gasteiger partial charge in [0.2, 0.25) is 0 Å². The van der Waals surface area contributed by atoms with Gasteiger partial charge in [-0.1, -0.05) is 12.1 Å². The van der Waals surface area contributed by atoms with Crippen LogP contribution in [0, 0.1) is 0 Å². The van der Waals surface area contributed by atoms with Crippen LogP contribution in [0.15, 0.2) is 24.3 Å². The van der Waals surface area contributed by atoms with Crippen molar-refractivity contribution in [1.82, 2.24) is 20.5 Å². The van der Waals surface area contributed by atoms with Gasteiger partial charge < -0.3 is 14.8 Å². The molecule has 4 rings (SSSR count). The van der Waals surface area contributed by atoms with Crippen molar-refractivity contribution in [3.8, 4) is 11.4 Å². The first-order chi connectivity index (χ1) is 13.6. The van der Waals surface area contributed by atoms with E-state index in [0.29, 0.717) is 36.9 Å². The second-order valence-corrected chi connectivity index (χ2v) is 7.54. The van der Waals surface area contributed by atoms with Gasteiger partial charge in [0.05, 0.1) is 25.7 Å². The Labute approximate surface area is 163 Å². The standard InChI is InChI=1S/C20H24N4O4/c1-27-16(25)11-20(9-2-10-28-12-20)22-19(26)15-7-5-14(6-8-15)18-21-17(23-24-18)13-3-4-13/h5-8,13H,2-4,9-12H2,1H3,(H,22,26)(H,21,23,24)/t20-/m0/s1. The van der Waals surface area contributed by atoms with Gasteiger partial charge in [-0.3, -0.25) is 14.7 Å². The lowest BCUT2D eigenvalue weighted by atomic mass is 9.88. The molecule has 0 bridgehead atoms. The Morgan fingerprint density at radius 1 is 1.32 bits per heavy atom. The Hall–Kier alpha value is -2.74. The van der Waals surface area contributed by atoms with E-state index >= 15 is 0 Å². The van der Waals surface area contributed by atoms with E-state index in [1.165, 1.54) is 7.11 Å². The first-order valence-corrected chi connectivity index (χ1v) is 9.58. The third-order valence-corrected chi connectivity index (χ3v) is 5.28. The minimum Gasteiger partial charge on any atom is -0.469 e.